The van der Waals surface area contributed by atoms with E-state index in [-0.39, 0.29) is 18.4 Å². The van der Waals surface area contributed by atoms with E-state index in [0.717, 1.165) is 49.2 Å². The van der Waals surface area contributed by atoms with E-state index in [0.29, 0.717) is 40.1 Å². The van der Waals surface area contributed by atoms with Crippen LogP contribution in [-0.4, -0.2) is 19.8 Å². The quantitative estimate of drug-likeness (QED) is 0.269. The van der Waals surface area contributed by atoms with Crippen LogP contribution in [0.15, 0.2) is 47.0 Å². The van der Waals surface area contributed by atoms with Crippen LogP contribution < -0.4 is 9.46 Å². The Morgan fingerprint density at radius 1 is 1.08 bits per heavy atom. The largest absolute Gasteiger partial charge is 0.755 e. The predicted molar refractivity (Wildman–Crippen MR) is 152 cm³/mol. The first-order chi connectivity index (χ1) is 18.7. The Kier molecular flexibility index (Phi) is 10.5. The van der Waals surface area contributed by atoms with E-state index in [2.05, 4.69) is 17.3 Å². The van der Waals surface area contributed by atoms with Gasteiger partial charge in [0.25, 0.3) is 0 Å². The maximum atomic E-state index is 12.2. The fraction of sp³-hybridized carbons (Fsp3) is 0.448. The molecule has 10 heteroatoms. The van der Waals surface area contributed by atoms with E-state index in [1.807, 2.05) is 30.7 Å². The van der Waals surface area contributed by atoms with Gasteiger partial charge in [-0.1, -0.05) is 79.7 Å². The van der Waals surface area contributed by atoms with Crippen molar-refractivity contribution in [3.05, 3.63) is 69.4 Å². The minimum Gasteiger partial charge on any atom is -0.755 e. The first-order valence-corrected chi connectivity index (χ1v) is 15.1. The molecule has 3 aromatic rings. The number of nitrogens with zero attached hydrogens (tertiary/aromatic N) is 1. The van der Waals surface area contributed by atoms with Crippen LogP contribution in [0.2, 0.25) is 10.0 Å². The standard InChI is InChI=1S/C29H34Cl2N2O5S/c1-18(2)28-23(27(32-38-28)26-24(30)11-6-12-25(26)31)17-37-22-15-13-20(14-16-22)19-7-3-4-8-21(10-5-9-19)29(34)33-39(35)36/h6,11-16,18-19,21H,3-5,7-10,17H2,1-2H3,(H,33,34)(H,35,36)/p-1. The van der Waals surface area contributed by atoms with Crippen LogP contribution in [0.25, 0.3) is 11.3 Å². The number of ether oxygens (including phenoxy) is 1. The first kappa shape index (κ1) is 29.6. The van der Waals surface area contributed by atoms with Gasteiger partial charge in [0.15, 0.2) is 0 Å². The Morgan fingerprint density at radius 2 is 1.72 bits per heavy atom. The third-order valence-electron chi connectivity index (χ3n) is 7.29. The molecular formula is C29H33Cl2N2O5S-. The average Bonchev–Trinajstić information content (AvgIpc) is 3.35. The number of halogens is 2. The molecule has 1 aliphatic rings. The third kappa shape index (κ3) is 7.63. The van der Waals surface area contributed by atoms with Crippen LogP contribution in [0.5, 0.6) is 5.75 Å². The number of carbonyl (C=O) groups is 1. The summed E-state index contributed by atoms with van der Waals surface area (Å²) in [6.45, 7) is 4.33. The number of nitrogens with one attached hydrogen (secondary N) is 1. The third-order valence-corrected chi connectivity index (χ3v) is 8.29. The van der Waals surface area contributed by atoms with Gasteiger partial charge in [0.2, 0.25) is 5.91 Å². The fourth-order valence-electron chi connectivity index (χ4n) is 5.27. The Morgan fingerprint density at radius 3 is 2.38 bits per heavy atom. The van der Waals surface area contributed by atoms with Gasteiger partial charge in [0.1, 0.15) is 23.8 Å². The fourth-order valence-corrected chi connectivity index (χ4v) is 6.18. The molecule has 1 heterocycles. The molecule has 7 nitrogen and oxygen atoms in total. The topological polar surface area (TPSA) is 104 Å². The molecule has 2 aromatic carbocycles. The van der Waals surface area contributed by atoms with Gasteiger partial charge < -0.3 is 13.8 Å². The highest BCUT2D eigenvalue weighted by Crippen LogP contribution is 2.39. The van der Waals surface area contributed by atoms with E-state index >= 15 is 0 Å². The van der Waals surface area contributed by atoms with Crippen molar-refractivity contribution in [3.63, 3.8) is 0 Å². The average molecular weight is 593 g/mol. The van der Waals surface area contributed by atoms with E-state index in [1.54, 1.807) is 18.2 Å². The summed E-state index contributed by atoms with van der Waals surface area (Å²) in [4.78, 5) is 12.2. The molecule has 1 amide bonds. The van der Waals surface area contributed by atoms with Gasteiger partial charge in [0.05, 0.1) is 15.6 Å². The van der Waals surface area contributed by atoms with Gasteiger partial charge in [-0.2, -0.15) is 0 Å². The van der Waals surface area contributed by atoms with E-state index in [1.165, 1.54) is 5.56 Å². The maximum absolute atomic E-state index is 12.2. The van der Waals surface area contributed by atoms with Gasteiger partial charge in [-0.05, 0) is 61.4 Å². The Labute approximate surface area is 242 Å². The second-order valence-electron chi connectivity index (χ2n) is 10.3. The molecule has 3 unspecified atom stereocenters. The van der Waals surface area contributed by atoms with Crippen molar-refractivity contribution in [1.29, 1.82) is 0 Å². The molecule has 0 radical (unpaired) electrons. The van der Waals surface area contributed by atoms with Crippen LogP contribution in [0, 0.1) is 5.92 Å². The summed E-state index contributed by atoms with van der Waals surface area (Å²) in [6.07, 6.45) is 6.14. The Bertz CT molecular complexity index is 1280. The molecular weight excluding hydrogens is 559 g/mol. The minimum atomic E-state index is -2.56. The zero-order chi connectivity index (χ0) is 27.9. The van der Waals surface area contributed by atoms with Gasteiger partial charge in [-0.3, -0.25) is 13.7 Å². The zero-order valence-electron chi connectivity index (χ0n) is 22.1. The summed E-state index contributed by atoms with van der Waals surface area (Å²) in [5.74, 6) is 1.31. The number of carbonyl (C=O) groups excluding carboxylic acids is 1. The molecule has 3 atom stereocenters. The first-order valence-electron chi connectivity index (χ1n) is 13.3. The molecule has 1 aromatic heterocycles. The number of amides is 1. The Hall–Kier alpha value is -2.39. The van der Waals surface area contributed by atoms with Crippen molar-refractivity contribution in [2.45, 2.75) is 77.2 Å². The van der Waals surface area contributed by atoms with Crippen molar-refractivity contribution >= 4 is 40.4 Å². The summed E-state index contributed by atoms with van der Waals surface area (Å²) < 4.78 is 35.6. The lowest BCUT2D eigenvalue weighted by atomic mass is 9.89. The lowest BCUT2D eigenvalue weighted by Gasteiger charge is -2.18. The van der Waals surface area contributed by atoms with Crippen LogP contribution in [-0.2, 0) is 22.7 Å². The summed E-state index contributed by atoms with van der Waals surface area (Å²) in [5, 5.41) is 5.29. The second kappa shape index (κ2) is 13.8. The molecule has 1 fully saturated rings. The molecule has 0 aliphatic heterocycles. The summed E-state index contributed by atoms with van der Waals surface area (Å²) >= 11 is 10.4. The van der Waals surface area contributed by atoms with Crippen molar-refractivity contribution in [2.24, 2.45) is 5.92 Å². The molecule has 0 spiro atoms. The molecule has 0 bridgehead atoms. The number of aromatic nitrogens is 1. The van der Waals surface area contributed by atoms with Gasteiger partial charge >= 0.3 is 0 Å². The molecule has 210 valence electrons. The second-order valence-corrected chi connectivity index (χ2v) is 11.8. The Balaban J connectivity index is 1.43. The highest BCUT2D eigenvalue weighted by Gasteiger charge is 2.24. The highest BCUT2D eigenvalue weighted by molar-refractivity contribution is 7.77. The van der Waals surface area contributed by atoms with E-state index in [9.17, 15) is 13.6 Å². The van der Waals surface area contributed by atoms with Crippen molar-refractivity contribution < 1.29 is 22.8 Å². The lowest BCUT2D eigenvalue weighted by molar-refractivity contribution is -0.123. The van der Waals surface area contributed by atoms with Gasteiger partial charge in [0, 0.05) is 28.7 Å². The molecule has 0 saturated heterocycles. The minimum absolute atomic E-state index is 0.102. The molecule has 1 aliphatic carbocycles. The summed E-state index contributed by atoms with van der Waals surface area (Å²) in [7, 11) is 0. The molecule has 1 N–H and O–H groups in total. The summed E-state index contributed by atoms with van der Waals surface area (Å²) in [6, 6.07) is 13.5. The monoisotopic (exact) mass is 591 g/mol. The van der Waals surface area contributed by atoms with Crippen LogP contribution in [0.1, 0.15) is 87.5 Å². The van der Waals surface area contributed by atoms with Crippen LogP contribution in [0.4, 0.5) is 0 Å². The lowest BCUT2D eigenvalue weighted by Crippen LogP contribution is -2.32. The van der Waals surface area contributed by atoms with Crippen molar-refractivity contribution in [3.8, 4) is 17.0 Å². The van der Waals surface area contributed by atoms with Gasteiger partial charge in [-0.25, -0.2) is 0 Å². The van der Waals surface area contributed by atoms with Crippen molar-refractivity contribution in [1.82, 2.24) is 9.88 Å². The number of benzene rings is 2. The van der Waals surface area contributed by atoms with E-state index < -0.39 is 17.2 Å². The van der Waals surface area contributed by atoms with Crippen LogP contribution in [0.3, 0.4) is 0 Å². The van der Waals surface area contributed by atoms with E-state index in [4.69, 9.17) is 32.5 Å². The zero-order valence-corrected chi connectivity index (χ0v) is 24.4. The molecule has 4 rings (SSSR count). The molecule has 39 heavy (non-hydrogen) atoms. The smallest absolute Gasteiger partial charge is 0.233 e. The van der Waals surface area contributed by atoms with Gasteiger partial charge in [-0.15, -0.1) is 0 Å². The maximum Gasteiger partial charge on any atom is 0.233 e. The highest BCUT2D eigenvalue weighted by atomic mass is 35.5. The SMILES string of the molecule is CC(C)c1onc(-c2c(Cl)cccc2Cl)c1COc1ccc(C2CCCCC(C(=O)NS(=O)[O-])CCC2)cc1. The predicted octanol–water partition coefficient (Wildman–Crippen LogP) is 7.71. The number of hydrogen-bond donors (Lipinski definition) is 1. The number of hydrogen-bond acceptors (Lipinski definition) is 6. The number of rotatable bonds is 8. The molecule has 1 saturated carbocycles. The van der Waals surface area contributed by atoms with Crippen molar-refractivity contribution in [2.75, 3.05) is 0 Å². The normalized spacial score (nSPS) is 19.1. The van der Waals surface area contributed by atoms with Crippen LogP contribution >= 0.6 is 23.2 Å². The summed E-state index contributed by atoms with van der Waals surface area (Å²) in [5.41, 5.74) is 3.28.